The van der Waals surface area contributed by atoms with Gasteiger partial charge in [0.1, 0.15) is 11.9 Å². The standard InChI is InChI=1S/C12H12FNO3/c13-8-3-1-4-9(7-8)14-10(12(16)17)5-2-6-11(14)15/h1,3-4,7,10H,2,5-6H2,(H,16,17). The Morgan fingerprint density at radius 2 is 2.24 bits per heavy atom. The van der Waals surface area contributed by atoms with Crippen LogP contribution >= 0.6 is 0 Å². The molecule has 90 valence electrons. The van der Waals surface area contributed by atoms with E-state index >= 15 is 0 Å². The lowest BCUT2D eigenvalue weighted by Crippen LogP contribution is -2.48. The van der Waals surface area contributed by atoms with Gasteiger partial charge in [0.25, 0.3) is 0 Å². The summed E-state index contributed by atoms with van der Waals surface area (Å²) in [6, 6.07) is 4.55. The van der Waals surface area contributed by atoms with Crippen molar-refractivity contribution in [2.75, 3.05) is 4.90 Å². The average molecular weight is 237 g/mol. The van der Waals surface area contributed by atoms with Crippen LogP contribution in [0.5, 0.6) is 0 Å². The minimum Gasteiger partial charge on any atom is -0.480 e. The third-order valence-corrected chi connectivity index (χ3v) is 2.82. The Morgan fingerprint density at radius 3 is 2.88 bits per heavy atom. The lowest BCUT2D eigenvalue weighted by Gasteiger charge is -2.32. The van der Waals surface area contributed by atoms with E-state index in [1.54, 1.807) is 6.07 Å². The number of piperidine rings is 1. The molecule has 1 aromatic rings. The van der Waals surface area contributed by atoms with Crippen LogP contribution in [0, 0.1) is 5.82 Å². The second-order valence-corrected chi connectivity index (χ2v) is 3.99. The van der Waals surface area contributed by atoms with Crippen LogP contribution in [-0.2, 0) is 9.59 Å². The van der Waals surface area contributed by atoms with Crippen molar-refractivity contribution in [3.8, 4) is 0 Å². The van der Waals surface area contributed by atoms with Crippen molar-refractivity contribution >= 4 is 17.6 Å². The third kappa shape index (κ3) is 2.27. The molecule has 1 heterocycles. The number of amides is 1. The quantitative estimate of drug-likeness (QED) is 0.853. The highest BCUT2D eigenvalue weighted by molar-refractivity contribution is 6.00. The van der Waals surface area contributed by atoms with Crippen LogP contribution in [0.25, 0.3) is 0 Å². The van der Waals surface area contributed by atoms with Crippen LogP contribution in [-0.4, -0.2) is 23.0 Å². The van der Waals surface area contributed by atoms with E-state index < -0.39 is 17.8 Å². The number of carbonyl (C=O) groups is 2. The van der Waals surface area contributed by atoms with E-state index in [0.29, 0.717) is 24.9 Å². The zero-order valence-corrected chi connectivity index (χ0v) is 9.10. The average Bonchev–Trinajstić information content (AvgIpc) is 2.28. The van der Waals surface area contributed by atoms with E-state index in [1.807, 2.05) is 0 Å². The molecule has 5 heteroatoms. The van der Waals surface area contributed by atoms with E-state index in [-0.39, 0.29) is 5.91 Å². The predicted molar refractivity (Wildman–Crippen MR) is 59.2 cm³/mol. The molecule has 0 aliphatic carbocycles. The van der Waals surface area contributed by atoms with Crippen LogP contribution in [0.3, 0.4) is 0 Å². The number of benzene rings is 1. The van der Waals surface area contributed by atoms with E-state index in [0.717, 1.165) is 0 Å². The molecule has 1 amide bonds. The van der Waals surface area contributed by atoms with Gasteiger partial charge < -0.3 is 5.11 Å². The van der Waals surface area contributed by atoms with Crippen LogP contribution < -0.4 is 4.90 Å². The number of carbonyl (C=O) groups excluding carboxylic acids is 1. The lowest BCUT2D eigenvalue weighted by molar-refractivity contribution is -0.141. The van der Waals surface area contributed by atoms with Gasteiger partial charge >= 0.3 is 5.97 Å². The van der Waals surface area contributed by atoms with Gasteiger partial charge in [-0.3, -0.25) is 9.69 Å². The van der Waals surface area contributed by atoms with Crippen LogP contribution in [0.4, 0.5) is 10.1 Å². The molecule has 1 atom stereocenters. The molecule has 1 aliphatic heterocycles. The molecular weight excluding hydrogens is 225 g/mol. The van der Waals surface area contributed by atoms with Crippen molar-refractivity contribution in [3.63, 3.8) is 0 Å². The first kappa shape index (κ1) is 11.6. The highest BCUT2D eigenvalue weighted by Gasteiger charge is 2.34. The summed E-state index contributed by atoms with van der Waals surface area (Å²) in [6.45, 7) is 0. The Morgan fingerprint density at radius 1 is 1.47 bits per heavy atom. The maximum atomic E-state index is 13.1. The summed E-state index contributed by atoms with van der Waals surface area (Å²) in [5.41, 5.74) is 0.308. The van der Waals surface area contributed by atoms with Gasteiger partial charge in [-0.05, 0) is 31.0 Å². The highest BCUT2D eigenvalue weighted by Crippen LogP contribution is 2.26. The van der Waals surface area contributed by atoms with Gasteiger partial charge in [0.05, 0.1) is 0 Å². The van der Waals surface area contributed by atoms with E-state index in [9.17, 15) is 14.0 Å². The third-order valence-electron chi connectivity index (χ3n) is 2.82. The minimum absolute atomic E-state index is 0.269. The van der Waals surface area contributed by atoms with Gasteiger partial charge in [-0.15, -0.1) is 0 Å². The zero-order chi connectivity index (χ0) is 12.4. The summed E-state index contributed by atoms with van der Waals surface area (Å²) >= 11 is 0. The van der Waals surface area contributed by atoms with Crippen LogP contribution in [0.15, 0.2) is 24.3 Å². The van der Waals surface area contributed by atoms with Crippen molar-refractivity contribution in [1.82, 2.24) is 0 Å². The monoisotopic (exact) mass is 237 g/mol. The summed E-state index contributed by atoms with van der Waals surface area (Å²) in [6.07, 6.45) is 1.26. The normalized spacial score (nSPS) is 20.4. The second-order valence-electron chi connectivity index (χ2n) is 3.99. The summed E-state index contributed by atoms with van der Waals surface area (Å²) < 4.78 is 13.1. The molecule has 17 heavy (non-hydrogen) atoms. The maximum absolute atomic E-state index is 13.1. The largest absolute Gasteiger partial charge is 0.480 e. The summed E-state index contributed by atoms with van der Waals surface area (Å²) in [7, 11) is 0. The summed E-state index contributed by atoms with van der Waals surface area (Å²) in [5.74, 6) is -1.80. The number of halogens is 1. The number of carboxylic acid groups (broad SMARTS) is 1. The molecule has 1 unspecified atom stereocenters. The first-order valence-corrected chi connectivity index (χ1v) is 5.40. The highest BCUT2D eigenvalue weighted by atomic mass is 19.1. The number of nitrogens with zero attached hydrogens (tertiary/aromatic N) is 1. The SMILES string of the molecule is O=C(O)C1CCCC(=O)N1c1cccc(F)c1. The molecule has 0 aromatic heterocycles. The Bertz CT molecular complexity index is 461. The van der Waals surface area contributed by atoms with Crippen LogP contribution in [0.1, 0.15) is 19.3 Å². The van der Waals surface area contributed by atoms with E-state index in [4.69, 9.17) is 5.11 Å². The molecule has 0 radical (unpaired) electrons. The first-order chi connectivity index (χ1) is 8.09. The van der Waals surface area contributed by atoms with Crippen molar-refractivity contribution in [2.45, 2.75) is 25.3 Å². The molecule has 1 aromatic carbocycles. The van der Waals surface area contributed by atoms with Gasteiger partial charge in [-0.25, -0.2) is 9.18 Å². The molecule has 1 fully saturated rings. The topological polar surface area (TPSA) is 57.6 Å². The molecular formula is C12H12FNO3. The minimum atomic E-state index is -1.05. The molecule has 1 N–H and O–H groups in total. The number of anilines is 1. The molecule has 4 nitrogen and oxygen atoms in total. The fourth-order valence-corrected chi connectivity index (χ4v) is 2.05. The fraction of sp³-hybridized carbons (Fsp3) is 0.333. The van der Waals surface area contributed by atoms with Crippen LogP contribution in [0.2, 0.25) is 0 Å². The number of rotatable bonds is 2. The van der Waals surface area contributed by atoms with Crippen molar-refractivity contribution < 1.29 is 19.1 Å². The lowest BCUT2D eigenvalue weighted by atomic mass is 10.0. The van der Waals surface area contributed by atoms with Gasteiger partial charge in [-0.1, -0.05) is 6.07 Å². The van der Waals surface area contributed by atoms with E-state index in [1.165, 1.54) is 23.1 Å². The number of carboxylic acids is 1. The van der Waals surface area contributed by atoms with Crippen molar-refractivity contribution in [1.29, 1.82) is 0 Å². The number of hydrogen-bond donors (Lipinski definition) is 1. The smallest absolute Gasteiger partial charge is 0.326 e. The summed E-state index contributed by atoms with van der Waals surface area (Å²) in [5, 5.41) is 9.07. The molecule has 1 saturated heterocycles. The van der Waals surface area contributed by atoms with E-state index in [2.05, 4.69) is 0 Å². The molecule has 0 bridgehead atoms. The predicted octanol–water partition coefficient (Wildman–Crippen LogP) is 1.80. The second kappa shape index (κ2) is 4.53. The fourth-order valence-electron chi connectivity index (χ4n) is 2.05. The number of aliphatic carboxylic acids is 1. The molecule has 0 spiro atoms. The maximum Gasteiger partial charge on any atom is 0.326 e. The van der Waals surface area contributed by atoms with Gasteiger partial charge in [-0.2, -0.15) is 0 Å². The van der Waals surface area contributed by atoms with Gasteiger partial charge in [0, 0.05) is 12.1 Å². The Kier molecular flexibility index (Phi) is 3.08. The molecule has 2 rings (SSSR count). The molecule has 0 saturated carbocycles. The number of hydrogen-bond acceptors (Lipinski definition) is 2. The summed E-state index contributed by atoms with van der Waals surface area (Å²) in [4.78, 5) is 24.0. The zero-order valence-electron chi connectivity index (χ0n) is 9.10. The Hall–Kier alpha value is -1.91. The Balaban J connectivity index is 2.38. The van der Waals surface area contributed by atoms with Gasteiger partial charge in [0.15, 0.2) is 0 Å². The first-order valence-electron chi connectivity index (χ1n) is 5.40. The molecule has 1 aliphatic rings. The van der Waals surface area contributed by atoms with Crippen molar-refractivity contribution in [2.24, 2.45) is 0 Å². The van der Waals surface area contributed by atoms with Crippen molar-refractivity contribution in [3.05, 3.63) is 30.1 Å². The Labute approximate surface area is 97.7 Å². The van der Waals surface area contributed by atoms with Gasteiger partial charge in [0.2, 0.25) is 5.91 Å².